The van der Waals surface area contributed by atoms with Crippen LogP contribution < -0.4 is 0 Å². The molecule has 0 aromatic carbocycles. The van der Waals surface area contributed by atoms with Gasteiger partial charge in [0.2, 0.25) is 0 Å². The Morgan fingerprint density at radius 1 is 0.950 bits per heavy atom. The van der Waals surface area contributed by atoms with Gasteiger partial charge in [-0.2, -0.15) is 0 Å². The third-order valence-corrected chi connectivity index (χ3v) is 1.22. The fourth-order valence-corrected chi connectivity index (χ4v) is 0.667. The summed E-state index contributed by atoms with van der Waals surface area (Å²) in [4.78, 5) is 43.1. The van der Waals surface area contributed by atoms with Gasteiger partial charge in [0.25, 0.3) is 0 Å². The minimum absolute atomic E-state index is 0.291. The molecule has 20 heavy (non-hydrogen) atoms. The molecule has 0 aliphatic carbocycles. The van der Waals surface area contributed by atoms with Gasteiger partial charge in [0.1, 0.15) is 0 Å². The smallest absolute Gasteiger partial charge is 0.303 e. The van der Waals surface area contributed by atoms with Crippen LogP contribution in [0.2, 0.25) is 0 Å². The lowest BCUT2D eigenvalue weighted by molar-refractivity contribution is 0.272. The van der Waals surface area contributed by atoms with Gasteiger partial charge >= 0.3 is 15.6 Å². The maximum absolute atomic E-state index is 8.88. The number of hydrogen-bond acceptors (Lipinski definition) is 2. The van der Waals surface area contributed by atoms with Gasteiger partial charge in [-0.3, -0.25) is 0 Å². The lowest BCUT2D eigenvalue weighted by Gasteiger charge is -1.95. The van der Waals surface area contributed by atoms with Crippen molar-refractivity contribution in [3.63, 3.8) is 0 Å². The van der Waals surface area contributed by atoms with Gasteiger partial charge in [0.05, 0.1) is 0 Å². The highest BCUT2D eigenvalue weighted by Crippen LogP contribution is 2.26. The average molecular weight is 402 g/mol. The van der Waals surface area contributed by atoms with E-state index < -0.39 is 15.6 Å². The first-order valence-corrected chi connectivity index (χ1v) is 9.65. The van der Waals surface area contributed by atoms with Crippen molar-refractivity contribution in [1.29, 1.82) is 0 Å². The first kappa shape index (κ1) is 29.1. The predicted molar refractivity (Wildman–Crippen MR) is 80.2 cm³/mol. The molecule has 0 amide bonds. The molecule has 0 radical (unpaired) electrons. The van der Waals surface area contributed by atoms with Crippen LogP contribution in [0.15, 0.2) is 0 Å². The molecule has 0 saturated heterocycles. The second-order valence-corrected chi connectivity index (χ2v) is 6.62. The van der Waals surface area contributed by atoms with E-state index in [9.17, 15) is 0 Å². The second kappa shape index (κ2) is 18.1. The van der Waals surface area contributed by atoms with Crippen LogP contribution in [0, 0.1) is 0 Å². The van der Waals surface area contributed by atoms with Gasteiger partial charge in [-0.05, 0) is 19.8 Å². The topological polar surface area (TPSA) is 156 Å². The first-order valence-electron chi connectivity index (χ1n) is 5.01. The van der Waals surface area contributed by atoms with E-state index in [2.05, 4.69) is 0 Å². The number of phosphoric acid groups is 2. The molecule has 0 saturated carbocycles. The third kappa shape index (κ3) is 241. The number of hydrogen-bond donors (Lipinski definition) is 6. The molecular formula is C7H21Cl3O8P2. The third-order valence-electron chi connectivity index (χ3n) is 0.736. The van der Waals surface area contributed by atoms with Crippen molar-refractivity contribution in [1.82, 2.24) is 0 Å². The molecular weight excluding hydrogens is 380 g/mol. The highest BCUT2D eigenvalue weighted by atomic mass is 35.5. The zero-order valence-electron chi connectivity index (χ0n) is 10.9. The van der Waals surface area contributed by atoms with Crippen molar-refractivity contribution >= 4 is 50.4 Å². The van der Waals surface area contributed by atoms with Crippen LogP contribution in [-0.2, 0) is 9.13 Å². The summed E-state index contributed by atoms with van der Waals surface area (Å²) in [5.74, 6) is 1.46. The van der Waals surface area contributed by atoms with Gasteiger partial charge in [0, 0.05) is 17.1 Å². The summed E-state index contributed by atoms with van der Waals surface area (Å²) in [6.45, 7) is 3.87. The first-order chi connectivity index (χ1) is 8.68. The number of alkyl halides is 3. The molecule has 8 nitrogen and oxygen atoms in total. The largest absolute Gasteiger partial charge is 0.466 e. The van der Waals surface area contributed by atoms with Gasteiger partial charge in [-0.25, -0.2) is 9.13 Å². The molecule has 0 fully saturated rings. The molecule has 13 heteroatoms. The minimum Gasteiger partial charge on any atom is -0.303 e. The zero-order chi connectivity index (χ0) is 17.4. The maximum Gasteiger partial charge on any atom is 0.466 e. The Morgan fingerprint density at radius 2 is 1.15 bits per heavy atom. The molecule has 0 spiro atoms. The van der Waals surface area contributed by atoms with Gasteiger partial charge in [-0.15, -0.1) is 34.8 Å². The summed E-state index contributed by atoms with van der Waals surface area (Å²) in [6, 6.07) is 0. The van der Waals surface area contributed by atoms with Crippen LogP contribution in [0.4, 0.5) is 0 Å². The molecule has 0 bridgehead atoms. The van der Waals surface area contributed by atoms with Crippen LogP contribution in [0.3, 0.4) is 0 Å². The van der Waals surface area contributed by atoms with Crippen molar-refractivity contribution in [3.8, 4) is 0 Å². The van der Waals surface area contributed by atoms with E-state index in [-0.39, 0.29) is 0 Å². The van der Waals surface area contributed by atoms with Crippen LogP contribution in [0.5, 0.6) is 0 Å². The van der Waals surface area contributed by atoms with Crippen molar-refractivity contribution < 1.29 is 38.5 Å². The average Bonchev–Trinajstić information content (AvgIpc) is 2.10. The normalized spacial score (nSPS) is 11.8. The molecule has 0 aliphatic rings. The van der Waals surface area contributed by atoms with Gasteiger partial charge in [0.15, 0.2) is 0 Å². The lowest BCUT2D eigenvalue weighted by atomic mass is 10.3. The molecule has 1 atom stereocenters. The summed E-state index contributed by atoms with van der Waals surface area (Å²) in [5.41, 5.74) is 0. The van der Waals surface area contributed by atoms with Crippen LogP contribution in [-0.4, -0.2) is 46.5 Å². The monoisotopic (exact) mass is 400 g/mol. The highest BCUT2D eigenvalue weighted by Gasteiger charge is 2.00. The Bertz CT molecular complexity index is 230. The van der Waals surface area contributed by atoms with E-state index >= 15 is 0 Å². The fraction of sp³-hybridized carbons (Fsp3) is 1.00. The summed E-state index contributed by atoms with van der Waals surface area (Å²) in [5, 5.41) is 0.291. The van der Waals surface area contributed by atoms with Crippen molar-refractivity contribution in [2.24, 2.45) is 0 Å². The summed E-state index contributed by atoms with van der Waals surface area (Å²) in [6.07, 6.45) is 2.07. The Morgan fingerprint density at radius 3 is 1.20 bits per heavy atom. The summed E-state index contributed by atoms with van der Waals surface area (Å²) >= 11 is 16.0. The fourth-order valence-electron chi connectivity index (χ4n) is 0.358. The summed E-state index contributed by atoms with van der Waals surface area (Å²) < 4.78 is 17.8. The quantitative estimate of drug-likeness (QED) is 0.310. The number of rotatable bonds is 3. The lowest BCUT2D eigenvalue weighted by Crippen LogP contribution is -1.89. The summed E-state index contributed by atoms with van der Waals surface area (Å²) in [7, 11) is -9.28. The molecule has 0 rings (SSSR count). The van der Waals surface area contributed by atoms with Crippen molar-refractivity contribution in [3.05, 3.63) is 0 Å². The minimum atomic E-state index is -4.64. The van der Waals surface area contributed by atoms with Crippen LogP contribution in [0.1, 0.15) is 26.7 Å². The van der Waals surface area contributed by atoms with Crippen molar-refractivity contribution in [2.75, 3.05) is 11.8 Å². The van der Waals surface area contributed by atoms with E-state index in [1.54, 1.807) is 0 Å². The van der Waals surface area contributed by atoms with E-state index in [1.807, 2.05) is 13.8 Å². The highest BCUT2D eigenvalue weighted by molar-refractivity contribution is 7.45. The zero-order valence-corrected chi connectivity index (χ0v) is 15.0. The number of halogens is 3. The molecule has 0 aliphatic heterocycles. The van der Waals surface area contributed by atoms with Crippen LogP contribution >= 0.6 is 50.4 Å². The Kier molecular flexibility index (Phi) is 26.4. The Labute approximate surface area is 133 Å². The second-order valence-electron chi connectivity index (χ2n) is 2.91. The molecule has 0 aromatic rings. The molecule has 0 aromatic heterocycles. The Hall–Kier alpha value is 1.09. The standard InChI is InChI=1S/C5H10Cl2.C2H5Cl.2H3O4P/c1-5(7)3-2-4-6;1-2-3;2*1-5(2,3)4/h5H,2-4H2,1H3;2H2,1H3;2*(H3,1,2,3,4). The predicted octanol–water partition coefficient (Wildman–Crippen LogP) is 2.02. The van der Waals surface area contributed by atoms with E-state index in [4.69, 9.17) is 73.3 Å². The van der Waals surface area contributed by atoms with Gasteiger partial charge in [-0.1, -0.05) is 6.92 Å². The van der Waals surface area contributed by atoms with Crippen molar-refractivity contribution in [2.45, 2.75) is 32.1 Å². The van der Waals surface area contributed by atoms with Gasteiger partial charge < -0.3 is 29.4 Å². The maximum atomic E-state index is 8.88. The molecule has 0 heterocycles. The molecule has 128 valence electrons. The van der Waals surface area contributed by atoms with E-state index in [1.165, 1.54) is 0 Å². The Balaban J connectivity index is -0.0000000890. The van der Waals surface area contributed by atoms with Crippen LogP contribution in [0.25, 0.3) is 0 Å². The molecule has 6 N–H and O–H groups in total. The van der Waals surface area contributed by atoms with E-state index in [0.29, 0.717) is 5.38 Å². The molecule has 1 unspecified atom stereocenters. The SMILES string of the molecule is CC(Cl)CCCCl.CCCl.O=P(O)(O)O.O=P(O)(O)O. The van der Waals surface area contributed by atoms with E-state index in [0.717, 1.165) is 24.6 Å².